The van der Waals surface area contributed by atoms with Crippen molar-refractivity contribution >= 4 is 33.3 Å². The molecule has 0 radical (unpaired) electrons. The van der Waals surface area contributed by atoms with E-state index in [2.05, 4.69) is 60.8 Å². The number of nitrogens with zero attached hydrogens (tertiary/aromatic N) is 1. The fourth-order valence-corrected chi connectivity index (χ4v) is 2.93. The summed E-state index contributed by atoms with van der Waals surface area (Å²) in [7, 11) is 0. The molecule has 1 aromatic rings. The molecule has 1 heterocycles. The lowest BCUT2D eigenvalue weighted by Gasteiger charge is -2.34. The van der Waals surface area contributed by atoms with E-state index in [1.807, 2.05) is 6.07 Å². The van der Waals surface area contributed by atoms with Gasteiger partial charge in [-0.15, -0.1) is 0 Å². The molecular formula is C13H20BrClN2. The molecule has 17 heavy (non-hydrogen) atoms. The van der Waals surface area contributed by atoms with E-state index in [4.69, 9.17) is 11.6 Å². The monoisotopic (exact) mass is 318 g/mol. The van der Waals surface area contributed by atoms with Crippen LogP contribution in [-0.2, 0) is 0 Å². The number of halogens is 2. The normalized spacial score (nSPS) is 12.6. The van der Waals surface area contributed by atoms with Gasteiger partial charge in [-0.05, 0) is 47.7 Å². The summed E-state index contributed by atoms with van der Waals surface area (Å²) in [5, 5.41) is 4.09. The fourth-order valence-electron chi connectivity index (χ4n) is 2.20. The lowest BCUT2D eigenvalue weighted by Crippen LogP contribution is -2.35. The maximum absolute atomic E-state index is 5.87. The summed E-state index contributed by atoms with van der Waals surface area (Å²) in [5.41, 5.74) is 0.261. The Morgan fingerprint density at radius 3 is 2.35 bits per heavy atom. The summed E-state index contributed by atoms with van der Waals surface area (Å²) >= 11 is 9.34. The van der Waals surface area contributed by atoms with Gasteiger partial charge >= 0.3 is 0 Å². The summed E-state index contributed by atoms with van der Waals surface area (Å²) in [5.74, 6) is 0.837. The van der Waals surface area contributed by atoms with Crippen LogP contribution in [0, 0.1) is 5.41 Å². The van der Waals surface area contributed by atoms with Crippen molar-refractivity contribution in [3.63, 3.8) is 0 Å². The SMILES string of the molecule is CC(C)(C)CC(C)(C)Nc1ncc(Cl)cc1Br. The molecular weight excluding hydrogens is 300 g/mol. The van der Waals surface area contributed by atoms with Crippen LogP contribution >= 0.6 is 27.5 Å². The smallest absolute Gasteiger partial charge is 0.140 e. The molecule has 4 heteroatoms. The Balaban J connectivity index is 2.83. The van der Waals surface area contributed by atoms with Crippen LogP contribution in [0.3, 0.4) is 0 Å². The van der Waals surface area contributed by atoms with Crippen LogP contribution < -0.4 is 5.32 Å². The molecule has 0 aliphatic rings. The lowest BCUT2D eigenvalue weighted by atomic mass is 9.82. The second-order valence-electron chi connectivity index (χ2n) is 6.23. The van der Waals surface area contributed by atoms with Crippen molar-refractivity contribution < 1.29 is 0 Å². The van der Waals surface area contributed by atoms with Crippen LogP contribution in [0.2, 0.25) is 5.02 Å². The molecule has 0 atom stereocenters. The first-order valence-electron chi connectivity index (χ1n) is 5.68. The van der Waals surface area contributed by atoms with Crippen molar-refractivity contribution in [2.45, 2.75) is 46.6 Å². The van der Waals surface area contributed by atoms with Crippen LogP contribution in [0.4, 0.5) is 5.82 Å². The van der Waals surface area contributed by atoms with Gasteiger partial charge in [0.1, 0.15) is 5.82 Å². The molecule has 0 saturated heterocycles. The van der Waals surface area contributed by atoms with Crippen molar-refractivity contribution in [2.75, 3.05) is 5.32 Å². The van der Waals surface area contributed by atoms with Crippen LogP contribution in [0.1, 0.15) is 41.0 Å². The number of hydrogen-bond acceptors (Lipinski definition) is 2. The second-order valence-corrected chi connectivity index (χ2v) is 7.52. The van der Waals surface area contributed by atoms with E-state index in [9.17, 15) is 0 Å². The molecule has 0 aliphatic carbocycles. The largest absolute Gasteiger partial charge is 0.364 e. The Bertz CT molecular complexity index is 397. The van der Waals surface area contributed by atoms with E-state index >= 15 is 0 Å². The van der Waals surface area contributed by atoms with Gasteiger partial charge in [0.05, 0.1) is 9.50 Å². The van der Waals surface area contributed by atoms with Crippen LogP contribution in [0.25, 0.3) is 0 Å². The van der Waals surface area contributed by atoms with E-state index in [1.54, 1.807) is 6.20 Å². The zero-order valence-corrected chi connectivity index (χ0v) is 13.4. The second kappa shape index (κ2) is 5.15. The summed E-state index contributed by atoms with van der Waals surface area (Å²) in [6, 6.07) is 1.85. The van der Waals surface area contributed by atoms with Crippen LogP contribution in [0.5, 0.6) is 0 Å². The lowest BCUT2D eigenvalue weighted by molar-refractivity contribution is 0.302. The van der Waals surface area contributed by atoms with Gasteiger partial charge in [-0.1, -0.05) is 32.4 Å². The van der Waals surface area contributed by atoms with E-state index in [0.29, 0.717) is 5.02 Å². The Hall–Kier alpha value is -0.280. The molecule has 0 aliphatic heterocycles. The minimum absolute atomic E-state index is 0.0123. The van der Waals surface area contributed by atoms with Crippen LogP contribution in [0.15, 0.2) is 16.7 Å². The molecule has 0 spiro atoms. The van der Waals surface area contributed by atoms with E-state index in [1.165, 1.54) is 0 Å². The van der Waals surface area contributed by atoms with E-state index < -0.39 is 0 Å². The first-order chi connectivity index (χ1) is 7.59. The molecule has 0 amide bonds. The van der Waals surface area contributed by atoms with Gasteiger partial charge in [-0.3, -0.25) is 0 Å². The average molecular weight is 320 g/mol. The molecule has 0 saturated carbocycles. The number of anilines is 1. The summed E-state index contributed by atoms with van der Waals surface area (Å²) in [4.78, 5) is 4.30. The average Bonchev–Trinajstić information content (AvgIpc) is 2.05. The highest BCUT2D eigenvalue weighted by molar-refractivity contribution is 9.10. The first-order valence-corrected chi connectivity index (χ1v) is 6.85. The zero-order valence-electron chi connectivity index (χ0n) is 11.1. The third-order valence-electron chi connectivity index (χ3n) is 2.24. The quantitative estimate of drug-likeness (QED) is 0.836. The van der Waals surface area contributed by atoms with Gasteiger partial charge in [0.15, 0.2) is 0 Å². The highest BCUT2D eigenvalue weighted by Crippen LogP contribution is 2.31. The van der Waals surface area contributed by atoms with Crippen molar-refractivity contribution in [1.29, 1.82) is 0 Å². The first kappa shape index (κ1) is 14.8. The number of rotatable bonds is 3. The van der Waals surface area contributed by atoms with Gasteiger partial charge < -0.3 is 5.32 Å². The molecule has 0 unspecified atom stereocenters. The van der Waals surface area contributed by atoms with Crippen molar-refractivity contribution in [2.24, 2.45) is 5.41 Å². The number of pyridine rings is 1. The molecule has 1 N–H and O–H groups in total. The predicted molar refractivity (Wildman–Crippen MR) is 78.7 cm³/mol. The van der Waals surface area contributed by atoms with Gasteiger partial charge in [0, 0.05) is 11.7 Å². The molecule has 96 valence electrons. The van der Waals surface area contributed by atoms with Gasteiger partial charge in [-0.2, -0.15) is 0 Å². The molecule has 0 fully saturated rings. The van der Waals surface area contributed by atoms with Gasteiger partial charge in [0.2, 0.25) is 0 Å². The highest BCUT2D eigenvalue weighted by atomic mass is 79.9. The van der Waals surface area contributed by atoms with Gasteiger partial charge in [-0.25, -0.2) is 4.98 Å². The molecule has 0 bridgehead atoms. The molecule has 1 rings (SSSR count). The Morgan fingerprint density at radius 2 is 1.88 bits per heavy atom. The van der Waals surface area contributed by atoms with E-state index in [0.717, 1.165) is 16.7 Å². The number of aromatic nitrogens is 1. The van der Waals surface area contributed by atoms with Crippen molar-refractivity contribution in [1.82, 2.24) is 4.98 Å². The fraction of sp³-hybridized carbons (Fsp3) is 0.615. The van der Waals surface area contributed by atoms with Crippen LogP contribution in [-0.4, -0.2) is 10.5 Å². The van der Waals surface area contributed by atoms with Crippen molar-refractivity contribution in [3.8, 4) is 0 Å². The highest BCUT2D eigenvalue weighted by Gasteiger charge is 2.26. The minimum atomic E-state index is -0.0123. The minimum Gasteiger partial charge on any atom is -0.364 e. The Labute approximate surface area is 117 Å². The third-order valence-corrected chi connectivity index (χ3v) is 3.05. The molecule has 2 nitrogen and oxygen atoms in total. The summed E-state index contributed by atoms with van der Waals surface area (Å²) in [6.45, 7) is 11.1. The summed E-state index contributed by atoms with van der Waals surface area (Å²) < 4.78 is 0.895. The topological polar surface area (TPSA) is 24.9 Å². The maximum atomic E-state index is 5.87. The number of hydrogen-bond donors (Lipinski definition) is 1. The molecule has 1 aromatic heterocycles. The van der Waals surface area contributed by atoms with E-state index in [-0.39, 0.29) is 11.0 Å². The molecule has 0 aromatic carbocycles. The standard InChI is InChI=1S/C13H20BrClN2/c1-12(2,3)8-13(4,5)17-11-10(14)6-9(15)7-16-11/h6-7H,8H2,1-5H3,(H,16,17). The Kier molecular flexibility index (Phi) is 4.48. The third kappa shape index (κ3) is 5.26. The summed E-state index contributed by atoms with van der Waals surface area (Å²) in [6.07, 6.45) is 2.71. The number of nitrogens with one attached hydrogen (secondary N) is 1. The predicted octanol–water partition coefficient (Wildman–Crippen LogP) is 5.12. The Morgan fingerprint density at radius 1 is 1.29 bits per heavy atom. The zero-order chi connectivity index (χ0) is 13.3. The van der Waals surface area contributed by atoms with Gasteiger partial charge in [0.25, 0.3) is 0 Å². The van der Waals surface area contributed by atoms with Crippen molar-refractivity contribution in [3.05, 3.63) is 21.8 Å². The maximum Gasteiger partial charge on any atom is 0.140 e.